The molecular formula is C15H17NOS. The Morgan fingerprint density at radius 2 is 2.22 bits per heavy atom. The number of nitrogens with one attached hydrogen (secondary N) is 1. The zero-order valence-electron chi connectivity index (χ0n) is 10.4. The van der Waals surface area contributed by atoms with E-state index in [-0.39, 0.29) is 0 Å². The molecule has 1 N–H and O–H groups in total. The van der Waals surface area contributed by atoms with E-state index < -0.39 is 0 Å². The molecule has 2 atom stereocenters. The normalized spacial score (nSPS) is 19.9. The minimum atomic E-state index is 0.379. The van der Waals surface area contributed by atoms with Gasteiger partial charge < -0.3 is 10.1 Å². The summed E-state index contributed by atoms with van der Waals surface area (Å²) in [6, 6.07) is 10.9. The van der Waals surface area contributed by atoms with Crippen LogP contribution in [0, 0.1) is 5.92 Å². The fourth-order valence-corrected chi connectivity index (χ4v) is 3.39. The predicted octanol–water partition coefficient (Wildman–Crippen LogP) is 3.26. The van der Waals surface area contributed by atoms with Crippen LogP contribution in [0.5, 0.6) is 5.75 Å². The number of ether oxygens (including phenoxy) is 1. The van der Waals surface area contributed by atoms with Crippen molar-refractivity contribution in [2.75, 3.05) is 13.7 Å². The summed E-state index contributed by atoms with van der Waals surface area (Å²) in [5.41, 5.74) is 2.69. The average Bonchev–Trinajstić information content (AvgIpc) is 2.93. The van der Waals surface area contributed by atoms with E-state index in [0.29, 0.717) is 12.0 Å². The molecule has 1 aliphatic heterocycles. The summed E-state index contributed by atoms with van der Waals surface area (Å²) in [4.78, 5) is 0. The summed E-state index contributed by atoms with van der Waals surface area (Å²) in [6.07, 6.45) is 1.08. The van der Waals surface area contributed by atoms with Gasteiger partial charge in [-0.2, -0.15) is 11.3 Å². The molecule has 2 aromatic rings. The lowest BCUT2D eigenvalue weighted by atomic mass is 9.87. The fraction of sp³-hybridized carbons (Fsp3) is 0.333. The van der Waals surface area contributed by atoms with Gasteiger partial charge in [0.25, 0.3) is 0 Å². The Kier molecular flexibility index (Phi) is 3.35. The highest BCUT2D eigenvalue weighted by Gasteiger charge is 2.27. The summed E-state index contributed by atoms with van der Waals surface area (Å²) >= 11 is 1.75. The first-order valence-corrected chi connectivity index (χ1v) is 7.23. The summed E-state index contributed by atoms with van der Waals surface area (Å²) in [5, 5.41) is 7.79. The predicted molar refractivity (Wildman–Crippen MR) is 75.3 cm³/mol. The van der Waals surface area contributed by atoms with Crippen LogP contribution >= 0.6 is 11.3 Å². The highest BCUT2D eigenvalue weighted by atomic mass is 32.1. The van der Waals surface area contributed by atoms with Crippen LogP contribution in [0.15, 0.2) is 41.1 Å². The highest BCUT2D eigenvalue weighted by molar-refractivity contribution is 7.07. The van der Waals surface area contributed by atoms with Crippen molar-refractivity contribution in [3.05, 3.63) is 52.2 Å². The number of benzene rings is 1. The van der Waals surface area contributed by atoms with Crippen molar-refractivity contribution in [1.82, 2.24) is 5.32 Å². The lowest BCUT2D eigenvalue weighted by Crippen LogP contribution is -2.33. The summed E-state index contributed by atoms with van der Waals surface area (Å²) in [6.45, 7) is 0.790. The number of hydrogen-bond donors (Lipinski definition) is 1. The van der Waals surface area contributed by atoms with E-state index in [1.54, 1.807) is 11.3 Å². The molecule has 1 aromatic carbocycles. The molecule has 0 saturated carbocycles. The SMILES string of the molecule is CNC(c1ccsc1)C1COc2ccccc2C1. The molecule has 0 bridgehead atoms. The van der Waals surface area contributed by atoms with Crippen LogP contribution in [0.4, 0.5) is 0 Å². The first-order chi connectivity index (χ1) is 8.88. The van der Waals surface area contributed by atoms with Crippen molar-refractivity contribution < 1.29 is 4.74 Å². The number of rotatable bonds is 3. The van der Waals surface area contributed by atoms with Crippen molar-refractivity contribution in [2.24, 2.45) is 5.92 Å². The van der Waals surface area contributed by atoms with Crippen LogP contribution < -0.4 is 10.1 Å². The van der Waals surface area contributed by atoms with E-state index in [2.05, 4.69) is 40.3 Å². The zero-order chi connectivity index (χ0) is 12.4. The van der Waals surface area contributed by atoms with Gasteiger partial charge in [0.15, 0.2) is 0 Å². The lowest BCUT2D eigenvalue weighted by Gasteiger charge is -2.31. The van der Waals surface area contributed by atoms with E-state index in [9.17, 15) is 0 Å². The molecule has 18 heavy (non-hydrogen) atoms. The molecule has 2 heterocycles. The van der Waals surface area contributed by atoms with Crippen molar-refractivity contribution >= 4 is 11.3 Å². The third-order valence-corrected chi connectivity index (χ3v) is 4.29. The van der Waals surface area contributed by atoms with Crippen molar-refractivity contribution in [3.63, 3.8) is 0 Å². The second-order valence-corrected chi connectivity index (χ2v) is 5.49. The van der Waals surface area contributed by atoms with Gasteiger partial charge in [-0.3, -0.25) is 0 Å². The standard InChI is InChI=1S/C15H17NOS/c1-16-15(12-6-7-18-10-12)13-8-11-4-2-3-5-14(11)17-9-13/h2-7,10,13,15-16H,8-9H2,1H3. The van der Waals surface area contributed by atoms with Crippen LogP contribution in [0.25, 0.3) is 0 Å². The molecule has 94 valence electrons. The molecule has 0 spiro atoms. The highest BCUT2D eigenvalue weighted by Crippen LogP contribution is 2.33. The minimum absolute atomic E-state index is 0.379. The molecule has 3 rings (SSSR count). The Morgan fingerprint density at radius 1 is 1.33 bits per heavy atom. The van der Waals surface area contributed by atoms with Gasteiger partial charge in [0.2, 0.25) is 0 Å². The second-order valence-electron chi connectivity index (χ2n) is 4.71. The van der Waals surface area contributed by atoms with Gasteiger partial charge >= 0.3 is 0 Å². The Hall–Kier alpha value is -1.32. The first kappa shape index (κ1) is 11.8. The number of hydrogen-bond acceptors (Lipinski definition) is 3. The van der Waals surface area contributed by atoms with E-state index in [1.807, 2.05) is 13.1 Å². The maximum absolute atomic E-state index is 5.88. The summed E-state index contributed by atoms with van der Waals surface area (Å²) in [5.74, 6) is 1.55. The maximum Gasteiger partial charge on any atom is 0.122 e. The molecule has 3 heteroatoms. The fourth-order valence-electron chi connectivity index (χ4n) is 2.69. The Balaban J connectivity index is 1.82. The molecule has 1 aromatic heterocycles. The van der Waals surface area contributed by atoms with E-state index >= 15 is 0 Å². The van der Waals surface area contributed by atoms with Gasteiger partial charge in [0.1, 0.15) is 5.75 Å². The third kappa shape index (κ3) is 2.16. The third-order valence-electron chi connectivity index (χ3n) is 3.59. The maximum atomic E-state index is 5.88. The Labute approximate surface area is 112 Å². The topological polar surface area (TPSA) is 21.3 Å². The average molecular weight is 259 g/mol. The number of fused-ring (bicyclic) bond motifs is 1. The van der Waals surface area contributed by atoms with Crippen LogP contribution in [-0.4, -0.2) is 13.7 Å². The first-order valence-electron chi connectivity index (χ1n) is 6.28. The summed E-state index contributed by atoms with van der Waals surface area (Å²) < 4.78 is 5.88. The molecule has 0 saturated heterocycles. The molecule has 0 fully saturated rings. The molecule has 2 nitrogen and oxygen atoms in total. The number of thiophene rings is 1. The Morgan fingerprint density at radius 3 is 3.00 bits per heavy atom. The second kappa shape index (κ2) is 5.12. The monoisotopic (exact) mass is 259 g/mol. The van der Waals surface area contributed by atoms with Gasteiger partial charge in [0.05, 0.1) is 6.61 Å². The molecule has 0 aliphatic carbocycles. The van der Waals surface area contributed by atoms with Gasteiger partial charge in [0, 0.05) is 12.0 Å². The zero-order valence-corrected chi connectivity index (χ0v) is 11.2. The minimum Gasteiger partial charge on any atom is -0.493 e. The van der Waals surface area contributed by atoms with Crippen LogP contribution in [0.2, 0.25) is 0 Å². The lowest BCUT2D eigenvalue weighted by molar-refractivity contribution is 0.188. The van der Waals surface area contributed by atoms with E-state index in [4.69, 9.17) is 4.74 Å². The van der Waals surface area contributed by atoms with Crippen LogP contribution in [0.1, 0.15) is 17.2 Å². The van der Waals surface area contributed by atoms with Gasteiger partial charge in [-0.25, -0.2) is 0 Å². The van der Waals surface area contributed by atoms with Crippen LogP contribution in [-0.2, 0) is 6.42 Å². The van der Waals surface area contributed by atoms with Crippen molar-refractivity contribution in [1.29, 1.82) is 0 Å². The molecule has 0 radical (unpaired) electrons. The van der Waals surface area contributed by atoms with Crippen molar-refractivity contribution in [3.8, 4) is 5.75 Å². The molecule has 1 aliphatic rings. The van der Waals surface area contributed by atoms with Gasteiger partial charge in [-0.05, 0) is 47.5 Å². The van der Waals surface area contributed by atoms with E-state index in [1.165, 1.54) is 11.1 Å². The van der Waals surface area contributed by atoms with Gasteiger partial charge in [-0.1, -0.05) is 18.2 Å². The molecule has 0 amide bonds. The summed E-state index contributed by atoms with van der Waals surface area (Å²) in [7, 11) is 2.03. The van der Waals surface area contributed by atoms with Crippen LogP contribution in [0.3, 0.4) is 0 Å². The smallest absolute Gasteiger partial charge is 0.122 e. The quantitative estimate of drug-likeness (QED) is 0.913. The van der Waals surface area contributed by atoms with E-state index in [0.717, 1.165) is 18.8 Å². The Bertz CT molecular complexity index is 509. The largest absolute Gasteiger partial charge is 0.493 e. The molecule has 2 unspecified atom stereocenters. The molecular weight excluding hydrogens is 242 g/mol. The number of para-hydroxylation sites is 1. The van der Waals surface area contributed by atoms with Gasteiger partial charge in [-0.15, -0.1) is 0 Å². The van der Waals surface area contributed by atoms with Crippen molar-refractivity contribution in [2.45, 2.75) is 12.5 Å².